The summed E-state index contributed by atoms with van der Waals surface area (Å²) in [6, 6.07) is 3.76. The molecule has 0 aromatic carbocycles. The molecule has 4 rings (SSSR count). The highest BCUT2D eigenvalue weighted by molar-refractivity contribution is 8.26. The molecule has 0 spiro atoms. The summed E-state index contributed by atoms with van der Waals surface area (Å²) in [4.78, 5) is 35.4. The van der Waals surface area contributed by atoms with E-state index in [0.29, 0.717) is 78.7 Å². The van der Waals surface area contributed by atoms with Crippen LogP contribution in [0.1, 0.15) is 24.5 Å². The van der Waals surface area contributed by atoms with Crippen molar-refractivity contribution in [3.05, 3.63) is 44.7 Å². The molecule has 0 atom stereocenters. The number of thioether (sulfide) groups is 1. The molecule has 0 N–H and O–H groups in total. The maximum atomic E-state index is 13.5. The van der Waals surface area contributed by atoms with Gasteiger partial charge in [-0.1, -0.05) is 30.0 Å². The first-order valence-electron chi connectivity index (χ1n) is 10.7. The molecule has 170 valence electrons. The first kappa shape index (κ1) is 22.9. The Balaban J connectivity index is 1.73. The van der Waals surface area contributed by atoms with Crippen LogP contribution in [0.3, 0.4) is 0 Å². The van der Waals surface area contributed by atoms with Crippen LogP contribution in [0.15, 0.2) is 28.0 Å². The number of carbonyl (C=O) groups excluding carboxylic acids is 1. The predicted octanol–water partition coefficient (Wildman–Crippen LogP) is 2.47. The van der Waals surface area contributed by atoms with Gasteiger partial charge in [-0.05, 0) is 38.0 Å². The van der Waals surface area contributed by atoms with Crippen molar-refractivity contribution in [3.63, 3.8) is 0 Å². The van der Waals surface area contributed by atoms with Crippen LogP contribution < -0.4 is 10.5 Å². The van der Waals surface area contributed by atoms with Gasteiger partial charge in [0.1, 0.15) is 15.8 Å². The van der Waals surface area contributed by atoms with Gasteiger partial charge in [-0.15, -0.1) is 0 Å². The Hall–Kier alpha value is -2.27. The molecule has 0 saturated carbocycles. The van der Waals surface area contributed by atoms with Crippen LogP contribution in [-0.2, 0) is 14.3 Å². The molecule has 2 aromatic heterocycles. The molecule has 10 heteroatoms. The van der Waals surface area contributed by atoms with E-state index >= 15 is 0 Å². The van der Waals surface area contributed by atoms with Crippen molar-refractivity contribution in [2.75, 3.05) is 51.0 Å². The molecular formula is C22H26N4O4S2. The van der Waals surface area contributed by atoms with E-state index in [1.54, 1.807) is 17.2 Å². The molecule has 1 amide bonds. The molecule has 0 radical (unpaired) electrons. The van der Waals surface area contributed by atoms with Gasteiger partial charge in [0.2, 0.25) is 0 Å². The molecule has 0 bridgehead atoms. The molecule has 8 nitrogen and oxygen atoms in total. The number of anilines is 1. The second-order valence-electron chi connectivity index (χ2n) is 7.57. The minimum atomic E-state index is -0.207. The molecule has 2 aromatic rings. The third-order valence-corrected chi connectivity index (χ3v) is 6.70. The van der Waals surface area contributed by atoms with E-state index in [1.807, 2.05) is 30.9 Å². The lowest BCUT2D eigenvalue weighted by atomic mass is 10.2. The van der Waals surface area contributed by atoms with E-state index in [-0.39, 0.29) is 11.5 Å². The topological polar surface area (TPSA) is 76.4 Å². The fourth-order valence-electron chi connectivity index (χ4n) is 3.68. The van der Waals surface area contributed by atoms with E-state index in [2.05, 4.69) is 0 Å². The number of aryl methyl sites for hydroxylation is 1. The van der Waals surface area contributed by atoms with E-state index in [0.717, 1.165) is 5.56 Å². The first-order chi connectivity index (χ1) is 15.5. The summed E-state index contributed by atoms with van der Waals surface area (Å²) in [5.41, 5.74) is 1.71. The van der Waals surface area contributed by atoms with Crippen molar-refractivity contribution < 1.29 is 14.3 Å². The summed E-state index contributed by atoms with van der Waals surface area (Å²) in [5, 5.41) is 0. The SMILES string of the molecule is CCOCCCN1C(=O)/C(=C\c2c(N3CCOCC3)nc3ccc(C)cn3c2=O)SC1=S. The normalized spacial score (nSPS) is 18.4. The fourth-order valence-corrected chi connectivity index (χ4v) is 4.97. The van der Waals surface area contributed by atoms with Crippen LogP contribution in [0.5, 0.6) is 0 Å². The van der Waals surface area contributed by atoms with E-state index in [1.165, 1.54) is 16.2 Å². The Labute approximate surface area is 196 Å². The third-order valence-electron chi connectivity index (χ3n) is 5.32. The zero-order valence-corrected chi connectivity index (χ0v) is 19.8. The summed E-state index contributed by atoms with van der Waals surface area (Å²) in [6.07, 6.45) is 4.12. The highest BCUT2D eigenvalue weighted by Gasteiger charge is 2.32. The van der Waals surface area contributed by atoms with Gasteiger partial charge >= 0.3 is 0 Å². The molecule has 2 fully saturated rings. The Bertz CT molecular complexity index is 1120. The number of ether oxygens (including phenoxy) is 2. The van der Waals surface area contributed by atoms with Crippen LogP contribution in [0.2, 0.25) is 0 Å². The summed E-state index contributed by atoms with van der Waals surface area (Å²) < 4.78 is 12.9. The standard InChI is InChI=1S/C22H26N4O4S2/c1-3-29-10-4-7-25-21(28)17(32-22(25)31)13-16-19(24-8-11-30-12-9-24)23-18-6-5-15(2)14-26(18)20(16)27/h5-6,13-14H,3-4,7-12H2,1-2H3/b17-13+. The van der Waals surface area contributed by atoms with Crippen LogP contribution in [0, 0.1) is 6.92 Å². The number of nitrogens with zero attached hydrogens (tertiary/aromatic N) is 4. The minimum Gasteiger partial charge on any atom is -0.382 e. The van der Waals surface area contributed by atoms with Crippen molar-refractivity contribution in [2.24, 2.45) is 0 Å². The monoisotopic (exact) mass is 474 g/mol. The van der Waals surface area contributed by atoms with Crippen LogP contribution >= 0.6 is 24.0 Å². The fraction of sp³-hybridized carbons (Fsp3) is 0.455. The summed E-state index contributed by atoms with van der Waals surface area (Å²) in [7, 11) is 0. The first-order valence-corrected chi connectivity index (χ1v) is 11.9. The minimum absolute atomic E-state index is 0.182. The lowest BCUT2D eigenvalue weighted by Gasteiger charge is -2.29. The van der Waals surface area contributed by atoms with Crippen LogP contribution in [-0.4, -0.2) is 70.6 Å². The molecule has 4 heterocycles. The number of hydrogen-bond acceptors (Lipinski definition) is 8. The molecule has 2 aliphatic heterocycles. The zero-order chi connectivity index (χ0) is 22.7. The van der Waals surface area contributed by atoms with Gasteiger partial charge in [0, 0.05) is 39.0 Å². The van der Waals surface area contributed by atoms with Crippen LogP contribution in [0.25, 0.3) is 11.7 Å². The maximum absolute atomic E-state index is 13.5. The number of aromatic nitrogens is 2. The molecule has 2 aliphatic rings. The van der Waals surface area contributed by atoms with Crippen molar-refractivity contribution in [1.29, 1.82) is 0 Å². The Morgan fingerprint density at radius 3 is 2.81 bits per heavy atom. The molecule has 0 unspecified atom stereocenters. The molecule has 32 heavy (non-hydrogen) atoms. The highest BCUT2D eigenvalue weighted by Crippen LogP contribution is 2.33. The summed E-state index contributed by atoms with van der Waals surface area (Å²) in [5.74, 6) is 0.391. The quantitative estimate of drug-likeness (QED) is 0.344. The number of hydrogen-bond donors (Lipinski definition) is 0. The predicted molar refractivity (Wildman–Crippen MR) is 130 cm³/mol. The Morgan fingerprint density at radius 1 is 1.28 bits per heavy atom. The third kappa shape index (κ3) is 4.73. The van der Waals surface area contributed by atoms with Crippen molar-refractivity contribution in [1.82, 2.24) is 14.3 Å². The average Bonchev–Trinajstić information content (AvgIpc) is 3.06. The van der Waals surface area contributed by atoms with Gasteiger partial charge in [0.05, 0.1) is 23.7 Å². The largest absolute Gasteiger partial charge is 0.382 e. The molecular weight excluding hydrogens is 448 g/mol. The van der Waals surface area contributed by atoms with Gasteiger partial charge in [0.15, 0.2) is 0 Å². The second-order valence-corrected chi connectivity index (χ2v) is 9.25. The van der Waals surface area contributed by atoms with Gasteiger partial charge < -0.3 is 14.4 Å². The molecule has 2 saturated heterocycles. The van der Waals surface area contributed by atoms with Gasteiger partial charge in [-0.2, -0.15) is 0 Å². The smallest absolute Gasteiger partial charge is 0.267 e. The number of thiocarbonyl (C=S) groups is 1. The lowest BCUT2D eigenvalue weighted by molar-refractivity contribution is -0.122. The van der Waals surface area contributed by atoms with Crippen molar-refractivity contribution in [3.8, 4) is 0 Å². The van der Waals surface area contributed by atoms with Crippen molar-refractivity contribution >= 4 is 51.7 Å². The van der Waals surface area contributed by atoms with E-state index < -0.39 is 0 Å². The van der Waals surface area contributed by atoms with Crippen molar-refractivity contribution in [2.45, 2.75) is 20.3 Å². The summed E-state index contributed by atoms with van der Waals surface area (Å²) in [6.45, 7) is 7.96. The maximum Gasteiger partial charge on any atom is 0.267 e. The zero-order valence-electron chi connectivity index (χ0n) is 18.2. The Kier molecular flexibility index (Phi) is 7.24. The van der Waals surface area contributed by atoms with E-state index in [4.69, 9.17) is 26.7 Å². The van der Waals surface area contributed by atoms with E-state index in [9.17, 15) is 9.59 Å². The van der Waals surface area contributed by atoms with Gasteiger partial charge in [-0.25, -0.2) is 4.98 Å². The number of amides is 1. The number of carbonyl (C=O) groups is 1. The summed E-state index contributed by atoms with van der Waals surface area (Å²) >= 11 is 6.66. The second kappa shape index (κ2) is 10.1. The molecule has 0 aliphatic carbocycles. The van der Waals surface area contributed by atoms with Gasteiger partial charge in [0.25, 0.3) is 11.5 Å². The number of pyridine rings is 1. The number of fused-ring (bicyclic) bond motifs is 1. The lowest BCUT2D eigenvalue weighted by Crippen LogP contribution is -2.38. The number of rotatable bonds is 7. The number of morpholine rings is 1. The van der Waals surface area contributed by atoms with Crippen LogP contribution in [0.4, 0.5) is 5.82 Å². The van der Waals surface area contributed by atoms with Gasteiger partial charge in [-0.3, -0.25) is 18.9 Å². The Morgan fingerprint density at radius 2 is 2.06 bits per heavy atom. The highest BCUT2D eigenvalue weighted by atomic mass is 32.2. The average molecular weight is 475 g/mol.